The number of hydrogen-bond acceptors (Lipinski definition) is 3. The Bertz CT molecular complexity index is 732. The molecular formula is C23H30N2O2S. The highest BCUT2D eigenvalue weighted by atomic mass is 32.1. The molecule has 2 N–H and O–H groups in total. The van der Waals surface area contributed by atoms with Crippen LogP contribution < -0.4 is 15.4 Å². The van der Waals surface area contributed by atoms with Crippen molar-refractivity contribution in [2.75, 3.05) is 6.61 Å². The van der Waals surface area contributed by atoms with Crippen molar-refractivity contribution in [2.45, 2.75) is 52.0 Å². The number of ether oxygens (including phenoxy) is 1. The second kappa shape index (κ2) is 12.1. The molecule has 0 spiro atoms. The number of nitrogens with one attached hydrogen (secondary N) is 2. The Kier molecular flexibility index (Phi) is 9.49. The van der Waals surface area contributed by atoms with Crippen molar-refractivity contribution < 1.29 is 9.53 Å². The molecule has 0 aromatic heterocycles. The van der Waals surface area contributed by atoms with E-state index < -0.39 is 0 Å². The van der Waals surface area contributed by atoms with E-state index in [0.29, 0.717) is 17.3 Å². The van der Waals surface area contributed by atoms with Gasteiger partial charge in [-0.1, -0.05) is 63.4 Å². The van der Waals surface area contributed by atoms with Crippen molar-refractivity contribution in [3.8, 4) is 5.75 Å². The zero-order valence-corrected chi connectivity index (χ0v) is 17.6. The summed E-state index contributed by atoms with van der Waals surface area (Å²) in [7, 11) is 0. The van der Waals surface area contributed by atoms with Crippen LogP contribution >= 0.6 is 12.2 Å². The van der Waals surface area contributed by atoms with Gasteiger partial charge in [0.1, 0.15) is 5.75 Å². The van der Waals surface area contributed by atoms with E-state index in [9.17, 15) is 4.79 Å². The summed E-state index contributed by atoms with van der Waals surface area (Å²) in [5.74, 6) is 0.554. The molecule has 2 rings (SSSR count). The summed E-state index contributed by atoms with van der Waals surface area (Å²) in [5, 5.41) is 6.30. The fraction of sp³-hybridized carbons (Fsp3) is 0.391. The second-order valence-corrected chi connectivity index (χ2v) is 7.14. The Hall–Kier alpha value is -2.40. The SMILES string of the molecule is CCCCCCOc1ccc(C(=O)NC(=S)NC(CC)c2ccccc2)cc1. The molecule has 1 amide bonds. The van der Waals surface area contributed by atoms with Crippen LogP contribution in [0.3, 0.4) is 0 Å². The molecule has 4 nitrogen and oxygen atoms in total. The molecule has 0 aliphatic carbocycles. The third-order valence-electron chi connectivity index (χ3n) is 4.53. The minimum Gasteiger partial charge on any atom is -0.494 e. The Morgan fingerprint density at radius 3 is 2.36 bits per heavy atom. The lowest BCUT2D eigenvalue weighted by Crippen LogP contribution is -2.40. The predicted molar refractivity (Wildman–Crippen MR) is 119 cm³/mol. The van der Waals surface area contributed by atoms with E-state index in [1.807, 2.05) is 42.5 Å². The molecule has 0 aliphatic rings. The lowest BCUT2D eigenvalue weighted by atomic mass is 10.1. The number of rotatable bonds is 10. The lowest BCUT2D eigenvalue weighted by Gasteiger charge is -2.19. The van der Waals surface area contributed by atoms with Crippen molar-refractivity contribution in [2.24, 2.45) is 0 Å². The third kappa shape index (κ3) is 7.31. The molecule has 1 atom stereocenters. The van der Waals surface area contributed by atoms with Gasteiger partial charge in [0.15, 0.2) is 5.11 Å². The molecular weight excluding hydrogens is 368 g/mol. The zero-order chi connectivity index (χ0) is 20.2. The molecule has 1 unspecified atom stereocenters. The van der Waals surface area contributed by atoms with Gasteiger partial charge in [-0.25, -0.2) is 0 Å². The lowest BCUT2D eigenvalue weighted by molar-refractivity contribution is 0.0976. The van der Waals surface area contributed by atoms with Gasteiger partial charge in [-0.05, 0) is 54.9 Å². The number of hydrogen-bond donors (Lipinski definition) is 2. The monoisotopic (exact) mass is 398 g/mol. The van der Waals surface area contributed by atoms with Crippen LogP contribution in [0, 0.1) is 0 Å². The van der Waals surface area contributed by atoms with E-state index in [-0.39, 0.29) is 11.9 Å². The van der Waals surface area contributed by atoms with E-state index in [1.165, 1.54) is 19.3 Å². The van der Waals surface area contributed by atoms with Gasteiger partial charge in [0.05, 0.1) is 12.6 Å². The molecule has 0 saturated carbocycles. The van der Waals surface area contributed by atoms with Crippen LogP contribution in [-0.4, -0.2) is 17.6 Å². The van der Waals surface area contributed by atoms with Gasteiger partial charge in [-0.3, -0.25) is 10.1 Å². The Balaban J connectivity index is 1.82. The first-order valence-corrected chi connectivity index (χ1v) is 10.4. The van der Waals surface area contributed by atoms with Gasteiger partial charge in [0.25, 0.3) is 5.91 Å². The van der Waals surface area contributed by atoms with Crippen LogP contribution in [-0.2, 0) is 0 Å². The first-order chi connectivity index (χ1) is 13.6. The maximum absolute atomic E-state index is 12.4. The molecule has 0 saturated heterocycles. The Morgan fingerprint density at radius 2 is 1.71 bits per heavy atom. The van der Waals surface area contributed by atoms with Gasteiger partial charge in [-0.2, -0.15) is 0 Å². The smallest absolute Gasteiger partial charge is 0.257 e. The van der Waals surface area contributed by atoms with Crippen molar-refractivity contribution in [3.63, 3.8) is 0 Å². The van der Waals surface area contributed by atoms with E-state index in [4.69, 9.17) is 17.0 Å². The maximum atomic E-state index is 12.4. The first-order valence-electron chi connectivity index (χ1n) is 10.0. The van der Waals surface area contributed by atoms with E-state index >= 15 is 0 Å². The number of unbranched alkanes of at least 4 members (excludes halogenated alkanes) is 3. The molecule has 2 aromatic rings. The Morgan fingerprint density at radius 1 is 1.00 bits per heavy atom. The molecule has 0 bridgehead atoms. The summed E-state index contributed by atoms with van der Waals surface area (Å²) in [6.45, 7) is 4.98. The van der Waals surface area contributed by atoms with Crippen LogP contribution in [0.25, 0.3) is 0 Å². The normalized spacial score (nSPS) is 11.5. The van der Waals surface area contributed by atoms with Gasteiger partial charge in [0, 0.05) is 5.56 Å². The quantitative estimate of drug-likeness (QED) is 0.415. The molecule has 5 heteroatoms. The van der Waals surface area contributed by atoms with E-state index in [1.54, 1.807) is 12.1 Å². The van der Waals surface area contributed by atoms with Crippen molar-refractivity contribution >= 4 is 23.2 Å². The maximum Gasteiger partial charge on any atom is 0.257 e. The van der Waals surface area contributed by atoms with Gasteiger partial charge < -0.3 is 10.1 Å². The average molecular weight is 399 g/mol. The molecule has 150 valence electrons. The molecule has 2 aromatic carbocycles. The number of amides is 1. The van der Waals surface area contributed by atoms with Gasteiger partial charge in [0.2, 0.25) is 0 Å². The summed E-state index contributed by atoms with van der Waals surface area (Å²) in [6, 6.07) is 17.3. The summed E-state index contributed by atoms with van der Waals surface area (Å²) < 4.78 is 5.71. The summed E-state index contributed by atoms with van der Waals surface area (Å²) in [6.07, 6.45) is 5.55. The fourth-order valence-electron chi connectivity index (χ4n) is 2.90. The topological polar surface area (TPSA) is 50.4 Å². The minimum absolute atomic E-state index is 0.0671. The zero-order valence-electron chi connectivity index (χ0n) is 16.7. The second-order valence-electron chi connectivity index (χ2n) is 6.73. The number of benzene rings is 2. The molecule has 0 fully saturated rings. The summed E-state index contributed by atoms with van der Waals surface area (Å²) >= 11 is 5.32. The number of thiocarbonyl (C=S) groups is 1. The van der Waals surface area contributed by atoms with Crippen molar-refractivity contribution in [1.29, 1.82) is 0 Å². The van der Waals surface area contributed by atoms with Crippen LogP contribution in [0.5, 0.6) is 5.75 Å². The molecule has 0 aliphatic heterocycles. The number of carbonyl (C=O) groups excluding carboxylic acids is 1. The summed E-state index contributed by atoms with van der Waals surface area (Å²) in [5.41, 5.74) is 1.69. The van der Waals surface area contributed by atoms with Crippen LogP contribution in [0.1, 0.15) is 67.9 Å². The van der Waals surface area contributed by atoms with Gasteiger partial charge >= 0.3 is 0 Å². The minimum atomic E-state index is -0.227. The van der Waals surface area contributed by atoms with Crippen LogP contribution in [0.4, 0.5) is 0 Å². The molecule has 0 radical (unpaired) electrons. The highest BCUT2D eigenvalue weighted by molar-refractivity contribution is 7.80. The molecule has 0 heterocycles. The van der Waals surface area contributed by atoms with Crippen molar-refractivity contribution in [3.05, 3.63) is 65.7 Å². The van der Waals surface area contributed by atoms with E-state index in [0.717, 1.165) is 24.2 Å². The molecule has 28 heavy (non-hydrogen) atoms. The van der Waals surface area contributed by atoms with Crippen LogP contribution in [0.15, 0.2) is 54.6 Å². The number of carbonyl (C=O) groups is 1. The van der Waals surface area contributed by atoms with Gasteiger partial charge in [-0.15, -0.1) is 0 Å². The fourth-order valence-corrected chi connectivity index (χ4v) is 3.13. The largest absolute Gasteiger partial charge is 0.494 e. The van der Waals surface area contributed by atoms with E-state index in [2.05, 4.69) is 24.5 Å². The van der Waals surface area contributed by atoms with Crippen molar-refractivity contribution in [1.82, 2.24) is 10.6 Å². The predicted octanol–water partition coefficient (Wildman–Crippen LogP) is 5.40. The standard InChI is InChI=1S/C23H30N2O2S/c1-3-5-6-10-17-27-20-15-13-19(14-16-20)22(26)25-23(28)24-21(4-2)18-11-8-7-9-12-18/h7-9,11-16,21H,3-6,10,17H2,1-2H3,(H2,24,25,26,28). The van der Waals surface area contributed by atoms with Crippen LogP contribution in [0.2, 0.25) is 0 Å². The Labute approximate surface area is 173 Å². The average Bonchev–Trinajstić information content (AvgIpc) is 2.73. The summed E-state index contributed by atoms with van der Waals surface area (Å²) in [4.78, 5) is 12.4. The highest BCUT2D eigenvalue weighted by Crippen LogP contribution is 2.16. The third-order valence-corrected chi connectivity index (χ3v) is 4.75. The first kappa shape index (κ1) is 21.9. The highest BCUT2D eigenvalue weighted by Gasteiger charge is 2.13.